The van der Waals surface area contributed by atoms with Gasteiger partial charge < -0.3 is 5.32 Å². The minimum absolute atomic E-state index is 0.131. The van der Waals surface area contributed by atoms with Crippen LogP contribution in [0.15, 0.2) is 29.6 Å². The molecule has 21 heavy (non-hydrogen) atoms. The van der Waals surface area contributed by atoms with Gasteiger partial charge in [-0.05, 0) is 26.0 Å². The number of carbonyl (C=O) groups excluding carboxylic acids is 1. The van der Waals surface area contributed by atoms with Crippen molar-refractivity contribution in [3.05, 3.63) is 46.3 Å². The van der Waals surface area contributed by atoms with Crippen LogP contribution in [0.3, 0.4) is 0 Å². The van der Waals surface area contributed by atoms with Gasteiger partial charge in [-0.15, -0.1) is 16.4 Å². The maximum absolute atomic E-state index is 11.9. The van der Waals surface area contributed by atoms with Gasteiger partial charge in [0.15, 0.2) is 0 Å². The second kappa shape index (κ2) is 5.45. The lowest BCUT2D eigenvalue weighted by Crippen LogP contribution is -2.13. The SMILES string of the molecule is Cc1nc(C(=O)Nc2ccc(-c3csc(C)n3)cc2)n[nH]1. The lowest BCUT2D eigenvalue weighted by Gasteiger charge is -2.03. The number of nitrogens with one attached hydrogen (secondary N) is 2. The lowest BCUT2D eigenvalue weighted by molar-refractivity contribution is 0.101. The molecule has 0 aliphatic rings. The van der Waals surface area contributed by atoms with Crippen molar-refractivity contribution < 1.29 is 4.79 Å². The number of nitrogens with zero attached hydrogens (tertiary/aromatic N) is 3. The van der Waals surface area contributed by atoms with E-state index >= 15 is 0 Å². The van der Waals surface area contributed by atoms with Gasteiger partial charge >= 0.3 is 0 Å². The molecule has 0 radical (unpaired) electrons. The molecule has 0 unspecified atom stereocenters. The van der Waals surface area contributed by atoms with E-state index in [4.69, 9.17) is 0 Å². The Kier molecular flexibility index (Phi) is 3.49. The molecule has 1 aromatic carbocycles. The average Bonchev–Trinajstić information content (AvgIpc) is 3.08. The summed E-state index contributed by atoms with van der Waals surface area (Å²) in [5, 5.41) is 12.3. The van der Waals surface area contributed by atoms with Gasteiger partial charge in [0.05, 0.1) is 10.7 Å². The summed E-state index contributed by atoms with van der Waals surface area (Å²) in [4.78, 5) is 20.3. The Morgan fingerprint density at radius 2 is 1.95 bits per heavy atom. The van der Waals surface area contributed by atoms with Crippen molar-refractivity contribution in [2.75, 3.05) is 5.32 Å². The zero-order valence-corrected chi connectivity index (χ0v) is 12.4. The third-order valence-corrected chi connectivity index (χ3v) is 3.63. The number of thiazole rings is 1. The molecule has 3 rings (SSSR count). The Bertz CT molecular complexity index is 775. The summed E-state index contributed by atoms with van der Waals surface area (Å²) in [5.74, 6) is 0.401. The van der Waals surface area contributed by atoms with E-state index in [0.717, 1.165) is 16.3 Å². The van der Waals surface area contributed by atoms with Crippen LogP contribution >= 0.6 is 11.3 Å². The van der Waals surface area contributed by atoms with Crippen LogP contribution in [0.5, 0.6) is 0 Å². The van der Waals surface area contributed by atoms with Crippen molar-refractivity contribution in [1.82, 2.24) is 20.2 Å². The van der Waals surface area contributed by atoms with Crippen LogP contribution in [-0.4, -0.2) is 26.1 Å². The highest BCUT2D eigenvalue weighted by atomic mass is 32.1. The van der Waals surface area contributed by atoms with Gasteiger partial charge in [0, 0.05) is 16.6 Å². The van der Waals surface area contributed by atoms with E-state index in [1.54, 1.807) is 18.3 Å². The number of rotatable bonds is 3. The number of benzene rings is 1. The van der Waals surface area contributed by atoms with E-state index in [2.05, 4.69) is 25.5 Å². The van der Waals surface area contributed by atoms with Gasteiger partial charge in [-0.3, -0.25) is 9.89 Å². The van der Waals surface area contributed by atoms with Gasteiger partial charge in [0.1, 0.15) is 5.82 Å². The molecule has 0 saturated carbocycles. The fourth-order valence-corrected chi connectivity index (χ4v) is 2.47. The van der Waals surface area contributed by atoms with E-state index in [0.29, 0.717) is 11.5 Å². The van der Waals surface area contributed by atoms with Crippen molar-refractivity contribution >= 4 is 22.9 Å². The molecule has 1 amide bonds. The van der Waals surface area contributed by atoms with Crippen LogP contribution in [0.25, 0.3) is 11.3 Å². The molecule has 0 aliphatic carbocycles. The third-order valence-electron chi connectivity index (χ3n) is 2.86. The first-order valence-corrected chi connectivity index (χ1v) is 7.23. The normalized spacial score (nSPS) is 10.6. The van der Waals surface area contributed by atoms with Crippen molar-refractivity contribution in [1.29, 1.82) is 0 Å². The Balaban J connectivity index is 1.74. The molecule has 3 aromatic rings. The zero-order valence-electron chi connectivity index (χ0n) is 11.5. The largest absolute Gasteiger partial charge is 0.319 e. The van der Waals surface area contributed by atoms with Crippen LogP contribution in [-0.2, 0) is 0 Å². The van der Waals surface area contributed by atoms with Crippen molar-refractivity contribution in [2.45, 2.75) is 13.8 Å². The maximum Gasteiger partial charge on any atom is 0.295 e. The minimum Gasteiger partial charge on any atom is -0.319 e. The number of aromatic nitrogens is 4. The monoisotopic (exact) mass is 299 g/mol. The smallest absolute Gasteiger partial charge is 0.295 e. The van der Waals surface area contributed by atoms with E-state index in [1.165, 1.54) is 0 Å². The van der Waals surface area contributed by atoms with E-state index < -0.39 is 0 Å². The fourth-order valence-electron chi connectivity index (χ4n) is 1.85. The number of aryl methyl sites for hydroxylation is 2. The molecule has 0 atom stereocenters. The van der Waals surface area contributed by atoms with Gasteiger partial charge in [0.25, 0.3) is 5.91 Å². The summed E-state index contributed by atoms with van der Waals surface area (Å²) in [6, 6.07) is 7.52. The number of carbonyl (C=O) groups is 1. The number of hydrogen-bond donors (Lipinski definition) is 2. The second-order valence-corrected chi connectivity index (χ2v) is 5.59. The molecule has 0 bridgehead atoms. The zero-order chi connectivity index (χ0) is 14.8. The topological polar surface area (TPSA) is 83.6 Å². The summed E-state index contributed by atoms with van der Waals surface area (Å²) in [5.41, 5.74) is 2.66. The summed E-state index contributed by atoms with van der Waals surface area (Å²) in [7, 11) is 0. The van der Waals surface area contributed by atoms with Crippen LogP contribution in [0, 0.1) is 13.8 Å². The first-order chi connectivity index (χ1) is 10.1. The number of amides is 1. The molecule has 2 heterocycles. The van der Waals surface area contributed by atoms with E-state index in [1.807, 2.05) is 36.6 Å². The highest BCUT2D eigenvalue weighted by Crippen LogP contribution is 2.23. The lowest BCUT2D eigenvalue weighted by atomic mass is 10.1. The minimum atomic E-state index is -0.336. The fraction of sp³-hybridized carbons (Fsp3) is 0.143. The highest BCUT2D eigenvalue weighted by molar-refractivity contribution is 7.09. The van der Waals surface area contributed by atoms with Crippen molar-refractivity contribution in [3.63, 3.8) is 0 Å². The molecule has 106 valence electrons. The predicted octanol–water partition coefficient (Wildman–Crippen LogP) is 2.80. The molecule has 2 aromatic heterocycles. The van der Waals surface area contributed by atoms with Crippen LogP contribution in [0.2, 0.25) is 0 Å². The van der Waals surface area contributed by atoms with Crippen LogP contribution < -0.4 is 5.32 Å². The van der Waals surface area contributed by atoms with E-state index in [9.17, 15) is 4.79 Å². The third kappa shape index (κ3) is 2.97. The summed E-state index contributed by atoms with van der Waals surface area (Å²) in [6.45, 7) is 3.72. The molecule has 0 saturated heterocycles. The quantitative estimate of drug-likeness (QED) is 0.779. The van der Waals surface area contributed by atoms with Gasteiger partial charge in [-0.1, -0.05) is 12.1 Å². The summed E-state index contributed by atoms with van der Waals surface area (Å²) < 4.78 is 0. The standard InChI is InChI=1S/C14H13N5OS/c1-8-15-13(19-18-8)14(20)17-11-5-3-10(4-6-11)12-7-21-9(2)16-12/h3-7H,1-2H3,(H,17,20)(H,15,18,19). The Morgan fingerprint density at radius 1 is 1.19 bits per heavy atom. The van der Waals surface area contributed by atoms with Crippen LogP contribution in [0.4, 0.5) is 5.69 Å². The second-order valence-electron chi connectivity index (χ2n) is 4.53. The molecule has 7 heteroatoms. The first kappa shape index (κ1) is 13.4. The van der Waals surface area contributed by atoms with Crippen LogP contribution in [0.1, 0.15) is 21.5 Å². The highest BCUT2D eigenvalue weighted by Gasteiger charge is 2.11. The Hall–Kier alpha value is -2.54. The number of aromatic amines is 1. The molecule has 0 spiro atoms. The predicted molar refractivity (Wildman–Crippen MR) is 81.4 cm³/mol. The average molecular weight is 299 g/mol. The van der Waals surface area contributed by atoms with E-state index in [-0.39, 0.29) is 11.7 Å². The number of anilines is 1. The van der Waals surface area contributed by atoms with Crippen molar-refractivity contribution in [3.8, 4) is 11.3 Å². The van der Waals surface area contributed by atoms with Gasteiger partial charge in [-0.2, -0.15) is 0 Å². The van der Waals surface area contributed by atoms with Crippen molar-refractivity contribution in [2.24, 2.45) is 0 Å². The summed E-state index contributed by atoms with van der Waals surface area (Å²) >= 11 is 1.61. The first-order valence-electron chi connectivity index (χ1n) is 6.35. The molecule has 2 N–H and O–H groups in total. The summed E-state index contributed by atoms with van der Waals surface area (Å²) in [6.07, 6.45) is 0. The molecule has 6 nitrogen and oxygen atoms in total. The number of hydrogen-bond acceptors (Lipinski definition) is 5. The molecular weight excluding hydrogens is 286 g/mol. The molecule has 0 fully saturated rings. The Morgan fingerprint density at radius 3 is 2.52 bits per heavy atom. The van der Waals surface area contributed by atoms with Gasteiger partial charge in [-0.25, -0.2) is 9.97 Å². The molecule has 0 aliphatic heterocycles. The van der Waals surface area contributed by atoms with Gasteiger partial charge in [0.2, 0.25) is 5.82 Å². The maximum atomic E-state index is 11.9. The molecular formula is C14H13N5OS. The number of H-pyrrole nitrogens is 1. The Labute approximate surface area is 125 Å².